The highest BCUT2D eigenvalue weighted by Gasteiger charge is 2.68. The minimum Gasteiger partial charge on any atom is -0.326 e. The Morgan fingerprint density at radius 2 is 1.72 bits per heavy atom. The van der Waals surface area contributed by atoms with Crippen LogP contribution in [0.1, 0.15) is 40.2 Å². The largest absolute Gasteiger partial charge is 0.326 e. The third-order valence-electron chi connectivity index (χ3n) is 4.94. The zero-order valence-electron chi connectivity index (χ0n) is 12.0. The maximum Gasteiger partial charge on any atom is 0.228 e. The van der Waals surface area contributed by atoms with Gasteiger partial charge in [0.2, 0.25) is 5.91 Å². The smallest absolute Gasteiger partial charge is 0.228 e. The van der Waals surface area contributed by atoms with E-state index in [1.807, 2.05) is 18.2 Å². The highest BCUT2D eigenvalue weighted by Crippen LogP contribution is 2.68. The van der Waals surface area contributed by atoms with Gasteiger partial charge in [-0.05, 0) is 28.9 Å². The summed E-state index contributed by atoms with van der Waals surface area (Å²) in [5.74, 6) is 0.265. The molecule has 0 aromatic heterocycles. The van der Waals surface area contributed by atoms with Crippen LogP contribution in [0.5, 0.6) is 0 Å². The quantitative estimate of drug-likeness (QED) is 0.860. The van der Waals surface area contributed by atoms with Crippen molar-refractivity contribution in [1.29, 1.82) is 0 Å². The van der Waals surface area contributed by atoms with Crippen molar-refractivity contribution in [3.63, 3.8) is 0 Å². The molecule has 1 aliphatic rings. The summed E-state index contributed by atoms with van der Waals surface area (Å²) in [6, 6.07) is 8.04. The maximum atomic E-state index is 12.4. The molecule has 1 aromatic rings. The lowest BCUT2D eigenvalue weighted by Gasteiger charge is -2.10. The Morgan fingerprint density at radius 1 is 1.17 bits per heavy atom. The van der Waals surface area contributed by atoms with Gasteiger partial charge in [0.25, 0.3) is 0 Å². The van der Waals surface area contributed by atoms with Crippen LogP contribution < -0.4 is 5.32 Å². The fourth-order valence-corrected chi connectivity index (χ4v) is 3.01. The third-order valence-corrected chi connectivity index (χ3v) is 4.94. The highest BCUT2D eigenvalue weighted by molar-refractivity contribution is 5.96. The molecule has 0 atom stereocenters. The van der Waals surface area contributed by atoms with Gasteiger partial charge < -0.3 is 5.32 Å². The first kappa shape index (κ1) is 13.1. The van der Waals surface area contributed by atoms with Crippen LogP contribution >= 0.6 is 0 Å². The summed E-state index contributed by atoms with van der Waals surface area (Å²) >= 11 is 0. The van der Waals surface area contributed by atoms with Crippen LogP contribution in [-0.4, -0.2) is 5.91 Å². The zero-order valence-corrected chi connectivity index (χ0v) is 12.0. The number of carbonyl (C=O) groups excluding carboxylic acids is 1. The highest BCUT2D eigenvalue weighted by atomic mass is 16.2. The molecule has 2 rings (SSSR count). The summed E-state index contributed by atoms with van der Waals surface area (Å²) in [5, 5.41) is 3.10. The van der Waals surface area contributed by atoms with E-state index in [4.69, 9.17) is 0 Å². The van der Waals surface area contributed by atoms with E-state index in [0.29, 0.717) is 0 Å². The van der Waals surface area contributed by atoms with Crippen molar-refractivity contribution in [2.75, 3.05) is 5.32 Å². The fourth-order valence-electron chi connectivity index (χ4n) is 3.01. The van der Waals surface area contributed by atoms with E-state index in [1.165, 1.54) is 5.56 Å². The van der Waals surface area contributed by atoms with Gasteiger partial charge in [-0.25, -0.2) is 0 Å². The molecule has 1 saturated carbocycles. The first-order valence-electron chi connectivity index (χ1n) is 6.71. The Kier molecular flexibility index (Phi) is 3.00. The van der Waals surface area contributed by atoms with Gasteiger partial charge >= 0.3 is 0 Å². The average Bonchev–Trinajstić information content (AvgIpc) is 2.70. The molecule has 0 saturated heterocycles. The van der Waals surface area contributed by atoms with Crippen molar-refractivity contribution in [1.82, 2.24) is 0 Å². The van der Waals surface area contributed by atoms with Crippen LogP contribution in [0.25, 0.3) is 0 Å². The molecular formula is C16H23NO. The van der Waals surface area contributed by atoms with Gasteiger partial charge in [0, 0.05) is 11.6 Å². The second-order valence-electron chi connectivity index (χ2n) is 6.38. The van der Waals surface area contributed by atoms with Gasteiger partial charge in [0.1, 0.15) is 0 Å². The minimum absolute atomic E-state index is 0.0955. The van der Waals surface area contributed by atoms with E-state index >= 15 is 0 Å². The summed E-state index contributed by atoms with van der Waals surface area (Å²) in [4.78, 5) is 12.4. The molecule has 0 spiro atoms. The lowest BCUT2D eigenvalue weighted by molar-refractivity contribution is -0.118. The van der Waals surface area contributed by atoms with Crippen LogP contribution in [0, 0.1) is 16.7 Å². The molecule has 1 fully saturated rings. The standard InChI is InChI=1S/C16H23NO/c1-6-11-9-7-8-10-12(11)17-14(18)13-15(2,3)16(13,4)5/h7-10,13H,6H2,1-5H3,(H,17,18). The molecule has 0 heterocycles. The minimum atomic E-state index is 0.0955. The molecule has 18 heavy (non-hydrogen) atoms. The van der Waals surface area contributed by atoms with Crippen LogP contribution in [0.4, 0.5) is 5.69 Å². The maximum absolute atomic E-state index is 12.4. The number of anilines is 1. The summed E-state index contributed by atoms with van der Waals surface area (Å²) in [7, 11) is 0. The first-order valence-corrected chi connectivity index (χ1v) is 6.71. The molecule has 0 radical (unpaired) electrons. The van der Waals surface area contributed by atoms with Gasteiger partial charge in [0.15, 0.2) is 0 Å². The normalized spacial score (nSPS) is 20.5. The van der Waals surface area contributed by atoms with Crippen molar-refractivity contribution < 1.29 is 4.79 Å². The Balaban J connectivity index is 2.14. The molecule has 1 amide bonds. The van der Waals surface area contributed by atoms with E-state index in [0.717, 1.165) is 12.1 Å². The third kappa shape index (κ3) is 1.84. The van der Waals surface area contributed by atoms with E-state index in [1.54, 1.807) is 0 Å². The second kappa shape index (κ2) is 4.11. The monoisotopic (exact) mass is 245 g/mol. The predicted octanol–water partition coefficient (Wildman–Crippen LogP) is 3.87. The number of carbonyl (C=O) groups is 1. The van der Waals surface area contributed by atoms with Crippen LogP contribution in [0.3, 0.4) is 0 Å². The number of amides is 1. The molecule has 2 heteroatoms. The van der Waals surface area contributed by atoms with E-state index in [-0.39, 0.29) is 22.7 Å². The Labute approximate surface area is 110 Å². The number of aryl methyl sites for hydroxylation is 1. The summed E-state index contributed by atoms with van der Waals surface area (Å²) in [5.41, 5.74) is 2.35. The van der Waals surface area contributed by atoms with Gasteiger partial charge in [-0.2, -0.15) is 0 Å². The van der Waals surface area contributed by atoms with Crippen LogP contribution in [0.15, 0.2) is 24.3 Å². The summed E-state index contributed by atoms with van der Waals surface area (Å²) in [6.07, 6.45) is 0.938. The van der Waals surface area contributed by atoms with E-state index in [2.05, 4.69) is 46.0 Å². The second-order valence-corrected chi connectivity index (χ2v) is 6.38. The molecular weight excluding hydrogens is 222 g/mol. The molecule has 0 unspecified atom stereocenters. The molecule has 0 bridgehead atoms. The van der Waals surface area contributed by atoms with Crippen molar-refractivity contribution in [2.24, 2.45) is 16.7 Å². The van der Waals surface area contributed by atoms with Crippen molar-refractivity contribution in [2.45, 2.75) is 41.0 Å². The molecule has 98 valence electrons. The van der Waals surface area contributed by atoms with Crippen molar-refractivity contribution in [3.05, 3.63) is 29.8 Å². The molecule has 0 aliphatic heterocycles. The number of nitrogens with one attached hydrogen (secondary N) is 1. The van der Waals surface area contributed by atoms with Gasteiger partial charge in [0.05, 0.1) is 0 Å². The lowest BCUT2D eigenvalue weighted by atomic mass is 10.0. The summed E-state index contributed by atoms with van der Waals surface area (Å²) in [6.45, 7) is 10.8. The number of para-hydroxylation sites is 1. The predicted molar refractivity (Wildman–Crippen MR) is 75.5 cm³/mol. The topological polar surface area (TPSA) is 29.1 Å². The average molecular weight is 245 g/mol. The molecule has 1 aliphatic carbocycles. The fraction of sp³-hybridized carbons (Fsp3) is 0.562. The lowest BCUT2D eigenvalue weighted by Crippen LogP contribution is -2.18. The number of rotatable bonds is 3. The number of hydrogen-bond donors (Lipinski definition) is 1. The van der Waals surface area contributed by atoms with Crippen molar-refractivity contribution >= 4 is 11.6 Å². The molecule has 1 aromatic carbocycles. The Morgan fingerprint density at radius 3 is 2.22 bits per heavy atom. The van der Waals surface area contributed by atoms with Gasteiger partial charge in [-0.1, -0.05) is 52.8 Å². The Bertz CT molecular complexity index is 460. The van der Waals surface area contributed by atoms with Crippen LogP contribution in [0.2, 0.25) is 0 Å². The SMILES string of the molecule is CCc1ccccc1NC(=O)C1C(C)(C)C1(C)C. The zero-order chi connectivity index (χ0) is 13.6. The van der Waals surface area contributed by atoms with E-state index in [9.17, 15) is 4.79 Å². The van der Waals surface area contributed by atoms with Crippen LogP contribution in [-0.2, 0) is 11.2 Å². The van der Waals surface area contributed by atoms with Gasteiger partial charge in [-0.3, -0.25) is 4.79 Å². The summed E-state index contributed by atoms with van der Waals surface area (Å²) < 4.78 is 0. The number of hydrogen-bond acceptors (Lipinski definition) is 1. The number of benzene rings is 1. The van der Waals surface area contributed by atoms with E-state index < -0.39 is 0 Å². The Hall–Kier alpha value is -1.31. The first-order chi connectivity index (χ1) is 8.32. The van der Waals surface area contributed by atoms with Crippen molar-refractivity contribution in [3.8, 4) is 0 Å². The molecule has 1 N–H and O–H groups in total. The molecule has 2 nitrogen and oxygen atoms in total. The van der Waals surface area contributed by atoms with Gasteiger partial charge in [-0.15, -0.1) is 0 Å².